The maximum absolute atomic E-state index is 5.97. The minimum Gasteiger partial charge on any atom is -0.494 e. The Balaban J connectivity index is 1.51. The molecule has 0 spiro atoms. The Kier molecular flexibility index (Phi) is 5.60. The van der Waals surface area contributed by atoms with Gasteiger partial charge in [-0.2, -0.15) is 0 Å². The molecule has 2 aromatic carbocycles. The summed E-state index contributed by atoms with van der Waals surface area (Å²) in [5, 5.41) is 2.46. The fourth-order valence-corrected chi connectivity index (χ4v) is 4.02. The number of likely N-dealkylation sites (tertiary alicyclic amines) is 1. The van der Waals surface area contributed by atoms with Crippen LogP contribution >= 0.6 is 15.9 Å². The molecule has 1 saturated heterocycles. The Labute approximate surface area is 147 Å². The molecule has 0 saturated carbocycles. The largest absolute Gasteiger partial charge is 0.494 e. The van der Waals surface area contributed by atoms with Crippen molar-refractivity contribution >= 4 is 26.7 Å². The molecular formula is C20H26BrNO. The molecule has 2 atom stereocenters. The summed E-state index contributed by atoms with van der Waals surface area (Å²) in [4.78, 5) is 2.64. The molecule has 2 nitrogen and oxygen atoms in total. The number of nitrogens with zero attached hydrogens (tertiary/aromatic N) is 1. The van der Waals surface area contributed by atoms with E-state index in [0.717, 1.165) is 41.9 Å². The second-order valence-electron chi connectivity index (χ2n) is 6.72. The van der Waals surface area contributed by atoms with Gasteiger partial charge in [0.2, 0.25) is 0 Å². The van der Waals surface area contributed by atoms with Gasteiger partial charge < -0.3 is 4.74 Å². The number of halogens is 1. The van der Waals surface area contributed by atoms with E-state index in [4.69, 9.17) is 4.74 Å². The lowest BCUT2D eigenvalue weighted by Crippen LogP contribution is -2.44. The summed E-state index contributed by atoms with van der Waals surface area (Å²) in [7, 11) is 0. The highest BCUT2D eigenvalue weighted by atomic mass is 79.9. The Hall–Kier alpha value is -1.06. The average molecular weight is 376 g/mol. The molecule has 2 aromatic rings. The molecule has 0 aliphatic carbocycles. The van der Waals surface area contributed by atoms with Crippen LogP contribution in [0, 0.1) is 0 Å². The van der Waals surface area contributed by atoms with Crippen LogP contribution in [-0.4, -0.2) is 30.1 Å². The lowest BCUT2D eigenvalue weighted by molar-refractivity contribution is 0.0961. The molecular weight excluding hydrogens is 350 g/mol. The third kappa shape index (κ3) is 4.27. The van der Waals surface area contributed by atoms with E-state index >= 15 is 0 Å². The topological polar surface area (TPSA) is 12.5 Å². The van der Waals surface area contributed by atoms with Gasteiger partial charge in [-0.15, -0.1) is 0 Å². The van der Waals surface area contributed by atoms with Crippen molar-refractivity contribution in [3.63, 3.8) is 0 Å². The predicted molar refractivity (Wildman–Crippen MR) is 101 cm³/mol. The SMILES string of the molecule is CC1CCCC(C)N1CCCOc1ccc2cc(Br)ccc2c1. The van der Waals surface area contributed by atoms with E-state index in [-0.39, 0.29) is 0 Å². The van der Waals surface area contributed by atoms with E-state index in [1.807, 2.05) is 0 Å². The van der Waals surface area contributed by atoms with Gasteiger partial charge in [0.25, 0.3) is 0 Å². The molecule has 124 valence electrons. The first-order valence-corrected chi connectivity index (χ1v) is 9.50. The molecule has 0 amide bonds. The number of piperidine rings is 1. The summed E-state index contributed by atoms with van der Waals surface area (Å²) in [6, 6.07) is 14.1. The molecule has 0 bridgehead atoms. The van der Waals surface area contributed by atoms with Gasteiger partial charge in [-0.1, -0.05) is 34.5 Å². The van der Waals surface area contributed by atoms with Crippen molar-refractivity contribution in [1.82, 2.24) is 4.90 Å². The third-order valence-electron chi connectivity index (χ3n) is 4.98. The minimum absolute atomic E-state index is 0.720. The van der Waals surface area contributed by atoms with Gasteiger partial charge in [0.1, 0.15) is 5.75 Å². The van der Waals surface area contributed by atoms with Crippen LogP contribution in [0.15, 0.2) is 40.9 Å². The summed E-state index contributed by atoms with van der Waals surface area (Å²) >= 11 is 3.51. The number of fused-ring (bicyclic) bond motifs is 1. The zero-order valence-corrected chi connectivity index (χ0v) is 15.7. The Morgan fingerprint density at radius 1 is 1.04 bits per heavy atom. The molecule has 0 aromatic heterocycles. The second-order valence-corrected chi connectivity index (χ2v) is 7.64. The van der Waals surface area contributed by atoms with Crippen molar-refractivity contribution in [3.05, 3.63) is 40.9 Å². The van der Waals surface area contributed by atoms with Crippen LogP contribution < -0.4 is 4.74 Å². The average Bonchev–Trinajstić information content (AvgIpc) is 2.53. The minimum atomic E-state index is 0.720. The highest BCUT2D eigenvalue weighted by molar-refractivity contribution is 9.10. The van der Waals surface area contributed by atoms with Gasteiger partial charge in [-0.3, -0.25) is 4.90 Å². The van der Waals surface area contributed by atoms with Crippen LogP contribution in [0.3, 0.4) is 0 Å². The summed E-state index contributed by atoms with van der Waals surface area (Å²) in [5.41, 5.74) is 0. The summed E-state index contributed by atoms with van der Waals surface area (Å²) in [6.45, 7) is 6.65. The maximum Gasteiger partial charge on any atom is 0.119 e. The first-order chi connectivity index (χ1) is 11.1. The number of benzene rings is 2. The Morgan fingerprint density at radius 3 is 2.52 bits per heavy atom. The summed E-state index contributed by atoms with van der Waals surface area (Å²) in [6.07, 6.45) is 5.15. The van der Waals surface area contributed by atoms with Gasteiger partial charge in [-0.25, -0.2) is 0 Å². The zero-order chi connectivity index (χ0) is 16.2. The first-order valence-electron chi connectivity index (χ1n) is 8.71. The van der Waals surface area contributed by atoms with Crippen molar-refractivity contribution in [2.45, 2.75) is 51.6 Å². The van der Waals surface area contributed by atoms with E-state index in [0.29, 0.717) is 0 Å². The van der Waals surface area contributed by atoms with Crippen molar-refractivity contribution in [1.29, 1.82) is 0 Å². The molecule has 2 unspecified atom stereocenters. The van der Waals surface area contributed by atoms with Gasteiger partial charge in [-0.05, 0) is 68.1 Å². The number of rotatable bonds is 5. The molecule has 3 rings (SSSR count). The van der Waals surface area contributed by atoms with Crippen molar-refractivity contribution in [2.24, 2.45) is 0 Å². The Bertz CT molecular complexity index is 647. The standard InChI is InChI=1S/C20H26BrNO/c1-15-5-3-6-16(2)22(15)11-4-12-23-20-10-8-17-13-19(21)9-7-18(17)14-20/h7-10,13-16H,3-6,11-12H2,1-2H3. The maximum atomic E-state index is 5.97. The van der Waals surface area contributed by atoms with E-state index in [1.54, 1.807) is 0 Å². The fraction of sp³-hybridized carbons (Fsp3) is 0.500. The molecule has 23 heavy (non-hydrogen) atoms. The van der Waals surface area contributed by atoms with Crippen LogP contribution in [-0.2, 0) is 0 Å². The van der Waals surface area contributed by atoms with Gasteiger partial charge >= 0.3 is 0 Å². The van der Waals surface area contributed by atoms with E-state index in [2.05, 4.69) is 71.1 Å². The van der Waals surface area contributed by atoms with Crippen LogP contribution in [0.4, 0.5) is 0 Å². The first kappa shape index (κ1) is 16.8. The third-order valence-corrected chi connectivity index (χ3v) is 5.47. The second kappa shape index (κ2) is 7.67. The van der Waals surface area contributed by atoms with Gasteiger partial charge in [0.05, 0.1) is 6.61 Å². The molecule has 1 heterocycles. The highest BCUT2D eigenvalue weighted by Crippen LogP contribution is 2.25. The molecule has 3 heteroatoms. The lowest BCUT2D eigenvalue weighted by Gasteiger charge is -2.39. The molecule has 1 aliphatic rings. The molecule has 1 fully saturated rings. The van der Waals surface area contributed by atoms with Crippen LogP contribution in [0.2, 0.25) is 0 Å². The van der Waals surface area contributed by atoms with E-state index in [9.17, 15) is 0 Å². The zero-order valence-electron chi connectivity index (χ0n) is 14.1. The van der Waals surface area contributed by atoms with Crippen LogP contribution in [0.1, 0.15) is 39.5 Å². The summed E-state index contributed by atoms with van der Waals surface area (Å²) in [5.74, 6) is 0.972. The molecule has 0 N–H and O–H groups in total. The quantitative estimate of drug-likeness (QED) is 0.627. The lowest BCUT2D eigenvalue weighted by atomic mass is 9.97. The normalized spacial score (nSPS) is 22.4. The van der Waals surface area contributed by atoms with E-state index in [1.165, 1.54) is 30.0 Å². The Morgan fingerprint density at radius 2 is 1.74 bits per heavy atom. The number of ether oxygens (including phenoxy) is 1. The number of hydrogen-bond acceptors (Lipinski definition) is 2. The molecule has 1 aliphatic heterocycles. The summed E-state index contributed by atoms with van der Waals surface area (Å²) < 4.78 is 7.08. The highest BCUT2D eigenvalue weighted by Gasteiger charge is 2.23. The van der Waals surface area contributed by atoms with E-state index < -0.39 is 0 Å². The fourth-order valence-electron chi connectivity index (χ4n) is 3.64. The van der Waals surface area contributed by atoms with Crippen molar-refractivity contribution < 1.29 is 4.74 Å². The van der Waals surface area contributed by atoms with Gasteiger partial charge in [0, 0.05) is 23.1 Å². The van der Waals surface area contributed by atoms with Crippen molar-refractivity contribution in [2.75, 3.05) is 13.2 Å². The van der Waals surface area contributed by atoms with Gasteiger partial charge in [0.15, 0.2) is 0 Å². The van der Waals surface area contributed by atoms with Crippen molar-refractivity contribution in [3.8, 4) is 5.75 Å². The predicted octanol–water partition coefficient (Wildman–Crippen LogP) is 5.63. The smallest absolute Gasteiger partial charge is 0.119 e. The number of hydrogen-bond donors (Lipinski definition) is 0. The molecule has 0 radical (unpaired) electrons. The monoisotopic (exact) mass is 375 g/mol. The van der Waals surface area contributed by atoms with Crippen LogP contribution in [0.25, 0.3) is 10.8 Å². The van der Waals surface area contributed by atoms with Crippen LogP contribution in [0.5, 0.6) is 5.75 Å².